The van der Waals surface area contributed by atoms with Crippen LogP contribution >= 0.6 is 24.0 Å². The Labute approximate surface area is 183 Å². The molecule has 2 heterocycles. The molecule has 2 fully saturated rings. The average Bonchev–Trinajstić information content (AvgIpc) is 3.21. The first-order valence-electron chi connectivity index (χ1n) is 9.79. The highest BCUT2D eigenvalue weighted by Crippen LogP contribution is 2.30. The van der Waals surface area contributed by atoms with Gasteiger partial charge in [0.2, 0.25) is 0 Å². The van der Waals surface area contributed by atoms with E-state index in [4.69, 9.17) is 4.74 Å². The first-order valence-corrected chi connectivity index (χ1v) is 9.79. The Bertz CT molecular complexity index is 662. The van der Waals surface area contributed by atoms with Crippen molar-refractivity contribution in [2.45, 2.75) is 44.2 Å². The zero-order valence-corrected chi connectivity index (χ0v) is 19.0. The van der Waals surface area contributed by atoms with E-state index in [-0.39, 0.29) is 35.6 Å². The van der Waals surface area contributed by atoms with Gasteiger partial charge in [0.25, 0.3) is 0 Å². The number of aliphatic imine (C=N–C) groups is 1. The smallest absolute Gasteiger partial charge is 0.191 e. The standard InChI is InChI=1S/C20H30F2N4O.HI/c1-15(17-6-5-16(21)13-18(17)22)25-19(23-2)24-14-20(7-11-27-12-8-20)26-9-3-4-10-26;/h5-6,13,15H,3-4,7-12,14H2,1-2H3,(H2,23,24,25);1H. The van der Waals surface area contributed by atoms with Crippen LogP contribution in [0.15, 0.2) is 23.2 Å². The lowest BCUT2D eigenvalue weighted by Crippen LogP contribution is -2.58. The lowest BCUT2D eigenvalue weighted by Gasteiger charge is -2.45. The maximum Gasteiger partial charge on any atom is 0.191 e. The zero-order chi connectivity index (χ0) is 19.3. The number of nitrogens with zero attached hydrogens (tertiary/aromatic N) is 2. The molecule has 0 radical (unpaired) electrons. The summed E-state index contributed by atoms with van der Waals surface area (Å²) in [6, 6.07) is 3.33. The van der Waals surface area contributed by atoms with Crippen LogP contribution in [0.3, 0.4) is 0 Å². The van der Waals surface area contributed by atoms with Gasteiger partial charge in [0.1, 0.15) is 11.6 Å². The molecule has 28 heavy (non-hydrogen) atoms. The zero-order valence-electron chi connectivity index (χ0n) is 16.6. The molecule has 3 rings (SSSR count). The molecule has 2 aliphatic heterocycles. The van der Waals surface area contributed by atoms with E-state index in [1.807, 2.05) is 6.92 Å². The van der Waals surface area contributed by atoms with E-state index < -0.39 is 11.6 Å². The van der Waals surface area contributed by atoms with E-state index in [2.05, 4.69) is 20.5 Å². The van der Waals surface area contributed by atoms with Crippen molar-refractivity contribution in [2.24, 2.45) is 4.99 Å². The predicted molar refractivity (Wildman–Crippen MR) is 118 cm³/mol. The van der Waals surface area contributed by atoms with Gasteiger partial charge in [0, 0.05) is 44.0 Å². The van der Waals surface area contributed by atoms with Crippen LogP contribution in [-0.4, -0.2) is 56.3 Å². The summed E-state index contributed by atoms with van der Waals surface area (Å²) >= 11 is 0. The van der Waals surface area contributed by atoms with Crippen molar-refractivity contribution < 1.29 is 13.5 Å². The molecule has 158 valence electrons. The second-order valence-corrected chi connectivity index (χ2v) is 7.49. The molecule has 0 saturated carbocycles. The summed E-state index contributed by atoms with van der Waals surface area (Å²) in [7, 11) is 1.70. The van der Waals surface area contributed by atoms with Gasteiger partial charge < -0.3 is 15.4 Å². The molecule has 1 aromatic rings. The van der Waals surface area contributed by atoms with E-state index in [1.165, 1.54) is 25.0 Å². The Balaban J connectivity index is 0.00000280. The summed E-state index contributed by atoms with van der Waals surface area (Å²) in [4.78, 5) is 6.87. The monoisotopic (exact) mass is 508 g/mol. The van der Waals surface area contributed by atoms with Gasteiger partial charge >= 0.3 is 0 Å². The van der Waals surface area contributed by atoms with Crippen molar-refractivity contribution in [1.29, 1.82) is 0 Å². The maximum absolute atomic E-state index is 14.0. The minimum Gasteiger partial charge on any atom is -0.381 e. The molecule has 1 atom stereocenters. The van der Waals surface area contributed by atoms with Gasteiger partial charge in [-0.25, -0.2) is 8.78 Å². The van der Waals surface area contributed by atoms with Crippen LogP contribution in [0.2, 0.25) is 0 Å². The van der Waals surface area contributed by atoms with Gasteiger partial charge in [-0.05, 0) is 51.8 Å². The van der Waals surface area contributed by atoms with Gasteiger partial charge in [-0.15, -0.1) is 24.0 Å². The highest BCUT2D eigenvalue weighted by Gasteiger charge is 2.39. The lowest BCUT2D eigenvalue weighted by atomic mass is 9.88. The highest BCUT2D eigenvalue weighted by atomic mass is 127. The molecular weight excluding hydrogens is 477 g/mol. The van der Waals surface area contributed by atoms with Crippen LogP contribution < -0.4 is 10.6 Å². The minimum atomic E-state index is -0.571. The number of halogens is 3. The largest absolute Gasteiger partial charge is 0.381 e. The van der Waals surface area contributed by atoms with Gasteiger partial charge in [-0.1, -0.05) is 6.07 Å². The summed E-state index contributed by atoms with van der Waals surface area (Å²) in [5.74, 6) is -0.502. The molecule has 2 aliphatic rings. The number of nitrogens with one attached hydrogen (secondary N) is 2. The van der Waals surface area contributed by atoms with Crippen LogP contribution in [0.4, 0.5) is 8.78 Å². The van der Waals surface area contributed by atoms with E-state index in [0.29, 0.717) is 11.5 Å². The summed E-state index contributed by atoms with van der Waals surface area (Å²) in [5, 5.41) is 6.65. The van der Waals surface area contributed by atoms with Crippen molar-refractivity contribution in [1.82, 2.24) is 15.5 Å². The van der Waals surface area contributed by atoms with Crippen molar-refractivity contribution in [2.75, 3.05) is 39.9 Å². The molecular formula is C20H31F2IN4O. The quantitative estimate of drug-likeness (QED) is 0.364. The second kappa shape index (κ2) is 10.7. The number of guanidine groups is 1. The second-order valence-electron chi connectivity index (χ2n) is 7.49. The number of hydrogen-bond donors (Lipinski definition) is 2. The molecule has 2 saturated heterocycles. The highest BCUT2D eigenvalue weighted by molar-refractivity contribution is 14.0. The molecule has 8 heteroatoms. The number of likely N-dealkylation sites (tertiary alicyclic amines) is 1. The van der Waals surface area contributed by atoms with Crippen molar-refractivity contribution in [3.8, 4) is 0 Å². The lowest BCUT2D eigenvalue weighted by molar-refractivity contribution is -0.0164. The van der Waals surface area contributed by atoms with Crippen LogP contribution in [0, 0.1) is 11.6 Å². The molecule has 0 spiro atoms. The van der Waals surface area contributed by atoms with Gasteiger partial charge in [-0.2, -0.15) is 0 Å². The van der Waals surface area contributed by atoms with Crippen LogP contribution in [-0.2, 0) is 4.74 Å². The molecule has 5 nitrogen and oxygen atoms in total. The van der Waals surface area contributed by atoms with Crippen molar-refractivity contribution in [3.05, 3.63) is 35.4 Å². The molecule has 1 aromatic carbocycles. The van der Waals surface area contributed by atoms with E-state index in [1.54, 1.807) is 7.05 Å². The first kappa shape index (κ1) is 23.3. The average molecular weight is 508 g/mol. The van der Waals surface area contributed by atoms with E-state index in [9.17, 15) is 8.78 Å². The summed E-state index contributed by atoms with van der Waals surface area (Å²) in [6.07, 6.45) is 4.49. The molecule has 0 aliphatic carbocycles. The van der Waals surface area contributed by atoms with Crippen LogP contribution in [0.25, 0.3) is 0 Å². The molecule has 0 aromatic heterocycles. The number of ether oxygens (including phenoxy) is 1. The molecule has 1 unspecified atom stereocenters. The fraction of sp³-hybridized carbons (Fsp3) is 0.650. The number of benzene rings is 1. The fourth-order valence-corrected chi connectivity index (χ4v) is 4.13. The predicted octanol–water partition coefficient (Wildman–Crippen LogP) is 3.45. The normalized spacial score (nSPS) is 21.1. The topological polar surface area (TPSA) is 48.9 Å². The number of rotatable bonds is 5. The summed E-state index contributed by atoms with van der Waals surface area (Å²) in [5.41, 5.74) is 0.496. The summed E-state index contributed by atoms with van der Waals surface area (Å²) in [6.45, 7) is 6.43. The third-order valence-corrected chi connectivity index (χ3v) is 5.79. The third kappa shape index (κ3) is 5.54. The summed E-state index contributed by atoms with van der Waals surface area (Å²) < 4.78 is 32.8. The van der Waals surface area contributed by atoms with Crippen LogP contribution in [0.1, 0.15) is 44.2 Å². The van der Waals surface area contributed by atoms with Gasteiger partial charge in [0.15, 0.2) is 5.96 Å². The fourth-order valence-electron chi connectivity index (χ4n) is 4.13. The molecule has 0 bridgehead atoms. The Kier molecular flexibility index (Phi) is 8.88. The maximum atomic E-state index is 14.0. The minimum absolute atomic E-state index is 0. The Morgan fingerprint density at radius 1 is 1.25 bits per heavy atom. The SMILES string of the molecule is CN=C(NCC1(N2CCCC2)CCOCC1)NC(C)c1ccc(F)cc1F.I. The van der Waals surface area contributed by atoms with E-state index in [0.717, 1.165) is 51.8 Å². The van der Waals surface area contributed by atoms with Crippen molar-refractivity contribution >= 4 is 29.9 Å². The first-order chi connectivity index (χ1) is 13.0. The van der Waals surface area contributed by atoms with Gasteiger partial charge in [0.05, 0.1) is 6.04 Å². The number of hydrogen-bond acceptors (Lipinski definition) is 3. The Morgan fingerprint density at radius 3 is 2.54 bits per heavy atom. The van der Waals surface area contributed by atoms with Crippen LogP contribution in [0.5, 0.6) is 0 Å². The third-order valence-electron chi connectivity index (χ3n) is 5.79. The van der Waals surface area contributed by atoms with E-state index >= 15 is 0 Å². The molecule has 2 N–H and O–H groups in total. The molecule has 0 amide bonds. The Morgan fingerprint density at radius 2 is 1.93 bits per heavy atom. The Hall–Kier alpha value is -1.00. The van der Waals surface area contributed by atoms with Crippen molar-refractivity contribution in [3.63, 3.8) is 0 Å². The van der Waals surface area contributed by atoms with Gasteiger partial charge in [-0.3, -0.25) is 9.89 Å².